The minimum absolute atomic E-state index is 0.467. The van der Waals surface area contributed by atoms with E-state index in [9.17, 15) is 0 Å². The quantitative estimate of drug-likeness (QED) is 0.870. The van der Waals surface area contributed by atoms with Crippen LogP contribution < -0.4 is 5.32 Å². The molecule has 0 radical (unpaired) electrons. The van der Waals surface area contributed by atoms with E-state index >= 15 is 0 Å². The van der Waals surface area contributed by atoms with E-state index in [1.807, 2.05) is 0 Å². The number of nitrogens with one attached hydrogen (secondary N) is 1. The van der Waals surface area contributed by atoms with Gasteiger partial charge in [0.25, 0.3) is 0 Å². The van der Waals surface area contributed by atoms with Crippen molar-refractivity contribution in [1.82, 2.24) is 5.32 Å². The van der Waals surface area contributed by atoms with Gasteiger partial charge in [0.2, 0.25) is 0 Å². The maximum atomic E-state index is 5.43. The SMILES string of the molecule is c1ccc(C(CCNC2CCOCC2)c2ccccc2)cc1. The van der Waals surface area contributed by atoms with Crippen molar-refractivity contribution in [2.45, 2.75) is 31.2 Å². The third-order valence-corrected chi connectivity index (χ3v) is 4.49. The average molecular weight is 295 g/mol. The predicted molar refractivity (Wildman–Crippen MR) is 91.2 cm³/mol. The summed E-state index contributed by atoms with van der Waals surface area (Å²) in [5.41, 5.74) is 2.81. The Bertz CT molecular complexity index is 495. The number of hydrogen-bond donors (Lipinski definition) is 1. The molecule has 0 atom stereocenters. The smallest absolute Gasteiger partial charge is 0.0480 e. The van der Waals surface area contributed by atoms with Crippen LogP contribution in [0.2, 0.25) is 0 Å². The van der Waals surface area contributed by atoms with Crippen LogP contribution in [0.4, 0.5) is 0 Å². The molecule has 0 bridgehead atoms. The Morgan fingerprint density at radius 2 is 1.41 bits per heavy atom. The van der Waals surface area contributed by atoms with E-state index < -0.39 is 0 Å². The highest BCUT2D eigenvalue weighted by Crippen LogP contribution is 2.27. The Kier molecular flexibility index (Phi) is 5.63. The van der Waals surface area contributed by atoms with Gasteiger partial charge in [-0.2, -0.15) is 0 Å². The van der Waals surface area contributed by atoms with Crippen molar-refractivity contribution in [3.63, 3.8) is 0 Å². The van der Waals surface area contributed by atoms with E-state index in [2.05, 4.69) is 66.0 Å². The summed E-state index contributed by atoms with van der Waals surface area (Å²) >= 11 is 0. The molecule has 0 amide bonds. The molecule has 2 nitrogen and oxygen atoms in total. The summed E-state index contributed by atoms with van der Waals surface area (Å²) in [6, 6.07) is 22.3. The maximum absolute atomic E-state index is 5.43. The average Bonchev–Trinajstić information content (AvgIpc) is 2.61. The van der Waals surface area contributed by atoms with Crippen molar-refractivity contribution in [1.29, 1.82) is 0 Å². The zero-order valence-electron chi connectivity index (χ0n) is 13.1. The molecule has 2 heteroatoms. The molecule has 22 heavy (non-hydrogen) atoms. The summed E-state index contributed by atoms with van der Waals surface area (Å²) in [6.45, 7) is 2.86. The Hall–Kier alpha value is -1.64. The van der Waals surface area contributed by atoms with Crippen LogP contribution in [-0.4, -0.2) is 25.8 Å². The second-order valence-electron chi connectivity index (χ2n) is 6.00. The van der Waals surface area contributed by atoms with E-state index in [1.165, 1.54) is 11.1 Å². The number of rotatable bonds is 6. The van der Waals surface area contributed by atoms with Crippen molar-refractivity contribution < 1.29 is 4.74 Å². The summed E-state index contributed by atoms with van der Waals surface area (Å²) in [4.78, 5) is 0. The first-order valence-corrected chi connectivity index (χ1v) is 8.34. The van der Waals surface area contributed by atoms with E-state index in [0.29, 0.717) is 12.0 Å². The normalized spacial score (nSPS) is 16.0. The molecular weight excluding hydrogens is 270 g/mol. The first kappa shape index (κ1) is 15.3. The van der Waals surface area contributed by atoms with Crippen LogP contribution in [0.5, 0.6) is 0 Å². The molecule has 0 saturated carbocycles. The Morgan fingerprint density at radius 1 is 0.864 bits per heavy atom. The summed E-state index contributed by atoms with van der Waals surface area (Å²) < 4.78 is 5.43. The summed E-state index contributed by atoms with van der Waals surface area (Å²) in [5.74, 6) is 0.467. The lowest BCUT2D eigenvalue weighted by molar-refractivity contribution is 0.0779. The highest BCUT2D eigenvalue weighted by atomic mass is 16.5. The Balaban J connectivity index is 1.64. The second kappa shape index (κ2) is 8.11. The van der Waals surface area contributed by atoms with Gasteiger partial charge in [-0.05, 0) is 36.9 Å². The second-order valence-corrected chi connectivity index (χ2v) is 6.00. The van der Waals surface area contributed by atoms with Crippen LogP contribution in [0.3, 0.4) is 0 Å². The number of hydrogen-bond acceptors (Lipinski definition) is 2. The lowest BCUT2D eigenvalue weighted by Gasteiger charge is -2.25. The molecule has 0 aromatic heterocycles. The lowest BCUT2D eigenvalue weighted by Crippen LogP contribution is -2.35. The molecule has 1 aliphatic heterocycles. The fourth-order valence-electron chi connectivity index (χ4n) is 3.23. The summed E-state index contributed by atoms with van der Waals surface area (Å²) in [7, 11) is 0. The van der Waals surface area contributed by atoms with Crippen LogP contribution in [0.15, 0.2) is 60.7 Å². The molecule has 1 aliphatic rings. The molecule has 1 fully saturated rings. The van der Waals surface area contributed by atoms with Crippen molar-refractivity contribution in [3.8, 4) is 0 Å². The largest absolute Gasteiger partial charge is 0.381 e. The topological polar surface area (TPSA) is 21.3 Å². The Morgan fingerprint density at radius 3 is 1.95 bits per heavy atom. The van der Waals surface area contributed by atoms with Crippen LogP contribution in [0.1, 0.15) is 36.3 Å². The van der Waals surface area contributed by atoms with Gasteiger partial charge in [0, 0.05) is 25.2 Å². The van der Waals surface area contributed by atoms with Crippen LogP contribution in [-0.2, 0) is 4.74 Å². The molecule has 1 heterocycles. The molecule has 0 spiro atoms. The lowest BCUT2D eigenvalue weighted by atomic mass is 9.88. The van der Waals surface area contributed by atoms with Gasteiger partial charge in [-0.25, -0.2) is 0 Å². The van der Waals surface area contributed by atoms with Gasteiger partial charge in [-0.3, -0.25) is 0 Å². The maximum Gasteiger partial charge on any atom is 0.0480 e. The fourth-order valence-corrected chi connectivity index (χ4v) is 3.23. The van der Waals surface area contributed by atoms with E-state index in [0.717, 1.165) is 39.0 Å². The van der Waals surface area contributed by atoms with Gasteiger partial charge in [0.1, 0.15) is 0 Å². The molecular formula is C20H25NO. The summed E-state index contributed by atoms with van der Waals surface area (Å²) in [6.07, 6.45) is 3.41. The fraction of sp³-hybridized carbons (Fsp3) is 0.400. The standard InChI is InChI=1S/C20H25NO/c1-3-7-17(8-4-1)20(18-9-5-2-6-10-18)11-14-21-19-12-15-22-16-13-19/h1-10,19-21H,11-16H2. The first-order chi connectivity index (χ1) is 10.9. The van der Waals surface area contributed by atoms with Gasteiger partial charge in [0.15, 0.2) is 0 Å². The molecule has 0 unspecified atom stereocenters. The van der Waals surface area contributed by atoms with Gasteiger partial charge in [0.05, 0.1) is 0 Å². The third-order valence-electron chi connectivity index (χ3n) is 4.49. The predicted octanol–water partition coefficient (Wildman–Crippen LogP) is 3.98. The molecule has 3 rings (SSSR count). The minimum atomic E-state index is 0.467. The Labute approximate surface area is 133 Å². The zero-order valence-corrected chi connectivity index (χ0v) is 13.1. The zero-order chi connectivity index (χ0) is 15.0. The van der Waals surface area contributed by atoms with E-state index in [4.69, 9.17) is 4.74 Å². The minimum Gasteiger partial charge on any atom is -0.381 e. The summed E-state index contributed by atoms with van der Waals surface area (Å²) in [5, 5.41) is 3.71. The van der Waals surface area contributed by atoms with Gasteiger partial charge >= 0.3 is 0 Å². The van der Waals surface area contributed by atoms with Crippen molar-refractivity contribution in [2.24, 2.45) is 0 Å². The first-order valence-electron chi connectivity index (χ1n) is 8.34. The number of ether oxygens (including phenoxy) is 1. The van der Waals surface area contributed by atoms with Crippen molar-refractivity contribution in [3.05, 3.63) is 71.8 Å². The third kappa shape index (κ3) is 4.19. The van der Waals surface area contributed by atoms with E-state index in [-0.39, 0.29) is 0 Å². The van der Waals surface area contributed by atoms with Crippen LogP contribution in [0.25, 0.3) is 0 Å². The highest BCUT2D eigenvalue weighted by molar-refractivity contribution is 5.32. The van der Waals surface area contributed by atoms with Crippen molar-refractivity contribution >= 4 is 0 Å². The molecule has 1 N–H and O–H groups in total. The van der Waals surface area contributed by atoms with E-state index in [1.54, 1.807) is 0 Å². The highest BCUT2D eigenvalue weighted by Gasteiger charge is 2.16. The van der Waals surface area contributed by atoms with Gasteiger partial charge in [-0.1, -0.05) is 60.7 Å². The number of benzene rings is 2. The monoisotopic (exact) mass is 295 g/mol. The van der Waals surface area contributed by atoms with Gasteiger partial charge < -0.3 is 10.1 Å². The van der Waals surface area contributed by atoms with Crippen LogP contribution in [0, 0.1) is 0 Å². The molecule has 2 aromatic rings. The molecule has 0 aliphatic carbocycles. The molecule has 2 aromatic carbocycles. The van der Waals surface area contributed by atoms with Crippen LogP contribution >= 0.6 is 0 Å². The van der Waals surface area contributed by atoms with Gasteiger partial charge in [-0.15, -0.1) is 0 Å². The molecule has 1 saturated heterocycles. The van der Waals surface area contributed by atoms with Crippen molar-refractivity contribution in [2.75, 3.05) is 19.8 Å². The molecule has 116 valence electrons.